The standard InChI is InChI=1S/C20H23BrN4O2/c1-20(2,22)19(26)24-17(13-27-12-14-6-4-3-5-7-14)18-23-10-16-9-8-15(21)11-25(16)18/h3-11,17H,12-13,22H2,1-2H3,(H,24,26)/t17-/m1/s1. The highest BCUT2D eigenvalue weighted by molar-refractivity contribution is 9.10. The number of rotatable bonds is 7. The molecule has 27 heavy (non-hydrogen) atoms. The second kappa shape index (κ2) is 8.21. The molecule has 0 aliphatic carbocycles. The van der Waals surface area contributed by atoms with Gasteiger partial charge in [-0.3, -0.25) is 4.79 Å². The van der Waals surface area contributed by atoms with Crippen LogP contribution in [0.5, 0.6) is 0 Å². The van der Waals surface area contributed by atoms with Gasteiger partial charge >= 0.3 is 0 Å². The number of fused-ring (bicyclic) bond motifs is 1. The lowest BCUT2D eigenvalue weighted by molar-refractivity contribution is -0.126. The number of carbonyl (C=O) groups is 1. The fraction of sp³-hybridized carbons (Fsp3) is 0.300. The number of aromatic nitrogens is 2. The summed E-state index contributed by atoms with van der Waals surface area (Å²) >= 11 is 3.48. The highest BCUT2D eigenvalue weighted by Crippen LogP contribution is 2.20. The molecule has 0 spiro atoms. The Morgan fingerprint density at radius 2 is 2.04 bits per heavy atom. The number of nitrogens with one attached hydrogen (secondary N) is 1. The minimum absolute atomic E-state index is 0.262. The van der Waals surface area contributed by atoms with Gasteiger partial charge in [-0.05, 0) is 47.5 Å². The molecule has 142 valence electrons. The first-order chi connectivity index (χ1) is 12.8. The van der Waals surface area contributed by atoms with Gasteiger partial charge in [0.2, 0.25) is 5.91 Å². The minimum atomic E-state index is -0.995. The Kier molecular flexibility index (Phi) is 5.94. The Labute approximate surface area is 166 Å². The second-order valence-electron chi connectivity index (χ2n) is 7.01. The maximum atomic E-state index is 12.5. The summed E-state index contributed by atoms with van der Waals surface area (Å²) < 4.78 is 8.73. The predicted octanol–water partition coefficient (Wildman–Crippen LogP) is 3.21. The van der Waals surface area contributed by atoms with E-state index in [2.05, 4.69) is 26.2 Å². The molecule has 3 rings (SSSR count). The van der Waals surface area contributed by atoms with E-state index in [4.69, 9.17) is 10.5 Å². The Bertz CT molecular complexity index is 919. The van der Waals surface area contributed by atoms with Crippen molar-refractivity contribution in [3.05, 3.63) is 70.7 Å². The summed E-state index contributed by atoms with van der Waals surface area (Å²) in [6.07, 6.45) is 3.69. The minimum Gasteiger partial charge on any atom is -0.374 e. The second-order valence-corrected chi connectivity index (χ2v) is 7.92. The molecule has 0 aliphatic rings. The number of ether oxygens (including phenoxy) is 1. The predicted molar refractivity (Wildman–Crippen MR) is 108 cm³/mol. The van der Waals surface area contributed by atoms with Crippen molar-refractivity contribution in [2.45, 2.75) is 32.0 Å². The van der Waals surface area contributed by atoms with Gasteiger partial charge in [-0.25, -0.2) is 4.98 Å². The van der Waals surface area contributed by atoms with Gasteiger partial charge in [0.1, 0.15) is 11.9 Å². The number of hydrogen-bond acceptors (Lipinski definition) is 4. The van der Waals surface area contributed by atoms with Crippen LogP contribution in [0.25, 0.3) is 5.52 Å². The van der Waals surface area contributed by atoms with Crippen LogP contribution in [0.4, 0.5) is 0 Å². The topological polar surface area (TPSA) is 81.7 Å². The monoisotopic (exact) mass is 430 g/mol. The van der Waals surface area contributed by atoms with Crippen molar-refractivity contribution in [3.8, 4) is 0 Å². The lowest BCUT2D eigenvalue weighted by atomic mass is 10.1. The highest BCUT2D eigenvalue weighted by atomic mass is 79.9. The highest BCUT2D eigenvalue weighted by Gasteiger charge is 2.27. The average Bonchev–Trinajstić information content (AvgIpc) is 3.03. The maximum Gasteiger partial charge on any atom is 0.240 e. The normalized spacial score (nSPS) is 12.9. The Morgan fingerprint density at radius 1 is 1.30 bits per heavy atom. The molecule has 0 unspecified atom stereocenters. The van der Waals surface area contributed by atoms with E-state index in [1.165, 1.54) is 0 Å². The smallest absolute Gasteiger partial charge is 0.240 e. The van der Waals surface area contributed by atoms with E-state index >= 15 is 0 Å². The number of nitrogens with two attached hydrogens (primary N) is 1. The summed E-state index contributed by atoms with van der Waals surface area (Å²) in [5.41, 5.74) is 6.95. The largest absolute Gasteiger partial charge is 0.374 e. The van der Waals surface area contributed by atoms with Crippen molar-refractivity contribution in [1.29, 1.82) is 0 Å². The fourth-order valence-electron chi connectivity index (χ4n) is 2.64. The molecule has 1 amide bonds. The van der Waals surface area contributed by atoms with Crippen LogP contribution >= 0.6 is 15.9 Å². The zero-order valence-electron chi connectivity index (χ0n) is 15.4. The van der Waals surface area contributed by atoms with Crippen LogP contribution in [0.2, 0.25) is 0 Å². The van der Waals surface area contributed by atoms with Crippen molar-refractivity contribution >= 4 is 27.4 Å². The molecule has 2 heterocycles. The number of imidazole rings is 1. The molecule has 1 aromatic carbocycles. The lowest BCUT2D eigenvalue weighted by Gasteiger charge is -2.24. The molecular formula is C20H23BrN4O2. The van der Waals surface area contributed by atoms with Crippen molar-refractivity contribution in [2.24, 2.45) is 5.73 Å². The summed E-state index contributed by atoms with van der Waals surface area (Å²) in [6.45, 7) is 4.07. The van der Waals surface area contributed by atoms with Crippen LogP contribution in [0.3, 0.4) is 0 Å². The van der Waals surface area contributed by atoms with E-state index in [0.717, 1.165) is 15.6 Å². The Balaban J connectivity index is 1.82. The number of carbonyl (C=O) groups excluding carboxylic acids is 1. The van der Waals surface area contributed by atoms with E-state index in [9.17, 15) is 4.79 Å². The molecule has 0 aliphatic heterocycles. The number of halogens is 1. The molecule has 0 saturated heterocycles. The third-order valence-electron chi connectivity index (χ3n) is 4.12. The van der Waals surface area contributed by atoms with Gasteiger partial charge in [-0.15, -0.1) is 0 Å². The van der Waals surface area contributed by atoms with Crippen LogP contribution in [-0.4, -0.2) is 27.4 Å². The number of nitrogens with zero attached hydrogens (tertiary/aromatic N) is 2. The van der Waals surface area contributed by atoms with E-state index in [1.807, 2.05) is 53.1 Å². The van der Waals surface area contributed by atoms with Crippen LogP contribution in [0, 0.1) is 0 Å². The van der Waals surface area contributed by atoms with Gasteiger partial charge < -0.3 is 20.2 Å². The summed E-state index contributed by atoms with van der Waals surface area (Å²) in [4.78, 5) is 17.0. The van der Waals surface area contributed by atoms with E-state index in [-0.39, 0.29) is 12.5 Å². The van der Waals surface area contributed by atoms with Crippen molar-refractivity contribution < 1.29 is 9.53 Å². The number of benzene rings is 1. The Hall–Kier alpha value is -2.22. The van der Waals surface area contributed by atoms with Crippen molar-refractivity contribution in [3.63, 3.8) is 0 Å². The molecule has 3 N–H and O–H groups in total. The molecule has 3 aromatic rings. The third kappa shape index (κ3) is 4.94. The zero-order chi connectivity index (χ0) is 19.4. The first-order valence-electron chi connectivity index (χ1n) is 8.68. The molecule has 7 heteroatoms. The van der Waals surface area contributed by atoms with Crippen LogP contribution in [0.15, 0.2) is 59.3 Å². The van der Waals surface area contributed by atoms with Gasteiger partial charge in [0.05, 0.1) is 30.5 Å². The summed E-state index contributed by atoms with van der Waals surface area (Å²) in [7, 11) is 0. The summed E-state index contributed by atoms with van der Waals surface area (Å²) in [5.74, 6) is 0.430. The summed E-state index contributed by atoms with van der Waals surface area (Å²) in [6, 6.07) is 13.4. The first kappa shape index (κ1) is 19.5. The van der Waals surface area contributed by atoms with Crippen LogP contribution < -0.4 is 11.1 Å². The van der Waals surface area contributed by atoms with Gasteiger partial charge in [0.25, 0.3) is 0 Å². The van der Waals surface area contributed by atoms with Gasteiger partial charge in [-0.2, -0.15) is 0 Å². The zero-order valence-corrected chi connectivity index (χ0v) is 16.9. The van der Waals surface area contributed by atoms with Gasteiger partial charge in [0.15, 0.2) is 0 Å². The number of hydrogen-bond donors (Lipinski definition) is 2. The lowest BCUT2D eigenvalue weighted by Crippen LogP contribution is -2.50. The van der Waals surface area contributed by atoms with E-state index in [1.54, 1.807) is 20.0 Å². The molecule has 6 nitrogen and oxygen atoms in total. The number of pyridine rings is 1. The molecule has 1 atom stereocenters. The molecule has 0 saturated carbocycles. The van der Waals surface area contributed by atoms with Gasteiger partial charge in [0, 0.05) is 10.7 Å². The quantitative estimate of drug-likeness (QED) is 0.602. The molecule has 0 bridgehead atoms. The van der Waals surface area contributed by atoms with Crippen molar-refractivity contribution in [1.82, 2.24) is 14.7 Å². The van der Waals surface area contributed by atoms with E-state index in [0.29, 0.717) is 12.4 Å². The SMILES string of the molecule is CC(C)(N)C(=O)N[C@H](COCc1ccccc1)c1ncc2ccc(Br)cn12. The van der Waals surface area contributed by atoms with Crippen LogP contribution in [-0.2, 0) is 16.1 Å². The third-order valence-corrected chi connectivity index (χ3v) is 4.59. The molecule has 2 aromatic heterocycles. The van der Waals surface area contributed by atoms with Gasteiger partial charge in [-0.1, -0.05) is 30.3 Å². The van der Waals surface area contributed by atoms with Crippen LogP contribution in [0.1, 0.15) is 31.3 Å². The Morgan fingerprint density at radius 3 is 2.74 bits per heavy atom. The van der Waals surface area contributed by atoms with Crippen molar-refractivity contribution in [2.75, 3.05) is 6.61 Å². The molecule has 0 radical (unpaired) electrons. The molecular weight excluding hydrogens is 408 g/mol. The van der Waals surface area contributed by atoms with E-state index < -0.39 is 11.6 Å². The number of amides is 1. The maximum absolute atomic E-state index is 12.5. The fourth-order valence-corrected chi connectivity index (χ4v) is 2.97. The average molecular weight is 431 g/mol. The summed E-state index contributed by atoms with van der Waals surface area (Å²) in [5, 5.41) is 2.97. The first-order valence-corrected chi connectivity index (χ1v) is 9.48. The molecule has 0 fully saturated rings.